The summed E-state index contributed by atoms with van der Waals surface area (Å²) in [4.78, 5) is 30.3. The second-order valence-electron chi connectivity index (χ2n) is 6.84. The van der Waals surface area contributed by atoms with E-state index in [2.05, 4.69) is 11.4 Å². The lowest BCUT2D eigenvalue weighted by atomic mass is 9.99. The summed E-state index contributed by atoms with van der Waals surface area (Å²) < 4.78 is 0. The first-order valence-electron chi connectivity index (χ1n) is 8.55. The molecule has 0 bridgehead atoms. The number of likely N-dealkylation sites (tertiary alicyclic amines) is 1. The van der Waals surface area contributed by atoms with Crippen LogP contribution < -0.4 is 5.32 Å². The largest absolute Gasteiger partial charge is 0.345 e. The average Bonchev–Trinajstić information content (AvgIpc) is 2.93. The van der Waals surface area contributed by atoms with Crippen molar-refractivity contribution in [3.8, 4) is 0 Å². The molecule has 1 aromatic rings. The van der Waals surface area contributed by atoms with Crippen molar-refractivity contribution in [1.29, 1.82) is 0 Å². The lowest BCUT2D eigenvalue weighted by molar-refractivity contribution is -0.130. The number of rotatable bonds is 5. The molecule has 2 aliphatic rings. The van der Waals surface area contributed by atoms with Gasteiger partial charge >= 0.3 is 0 Å². The minimum atomic E-state index is 0.00893. The highest BCUT2D eigenvalue weighted by molar-refractivity contribution is 7.14. The number of aryl methyl sites for hydroxylation is 2. The highest BCUT2D eigenvalue weighted by Gasteiger charge is 2.31. The van der Waals surface area contributed by atoms with Gasteiger partial charge < -0.3 is 15.1 Å². The van der Waals surface area contributed by atoms with Gasteiger partial charge in [-0.15, -0.1) is 11.3 Å². The Morgan fingerprint density at radius 2 is 2.08 bits per heavy atom. The van der Waals surface area contributed by atoms with Crippen molar-refractivity contribution in [3.05, 3.63) is 33.5 Å². The van der Waals surface area contributed by atoms with Crippen molar-refractivity contribution >= 4 is 23.2 Å². The summed E-state index contributed by atoms with van der Waals surface area (Å²) in [6.45, 7) is 1.95. The number of hydrogen-bond acceptors (Lipinski definition) is 4. The van der Waals surface area contributed by atoms with Gasteiger partial charge in [0.2, 0.25) is 5.91 Å². The molecule has 2 amide bonds. The van der Waals surface area contributed by atoms with Crippen molar-refractivity contribution < 1.29 is 9.59 Å². The first-order valence-corrected chi connectivity index (χ1v) is 9.37. The lowest BCUT2D eigenvalue weighted by Gasteiger charge is -2.38. The Hall–Kier alpha value is -1.66. The van der Waals surface area contributed by atoms with Gasteiger partial charge in [-0.2, -0.15) is 0 Å². The van der Waals surface area contributed by atoms with E-state index in [1.165, 1.54) is 23.3 Å². The Labute approximate surface area is 147 Å². The molecule has 0 saturated carbocycles. The average molecular weight is 347 g/mol. The van der Waals surface area contributed by atoms with E-state index in [9.17, 15) is 9.59 Å². The summed E-state index contributed by atoms with van der Waals surface area (Å²) >= 11 is 1.63. The van der Waals surface area contributed by atoms with Crippen LogP contribution in [0.4, 0.5) is 0 Å². The standard InChI is InChI=1S/C18H25N3O2S/c1-20(2)9-5-8-17(22)21-11-14(12-21)19-18(23)16-10-13-6-3-4-7-15(13)24-16/h5,8,10,14H,3-4,6-7,9,11-12H2,1-2H3,(H,19,23)/b8-5+. The summed E-state index contributed by atoms with van der Waals surface area (Å²) in [5.74, 6) is 0.0311. The maximum atomic E-state index is 12.4. The van der Waals surface area contributed by atoms with Crippen LogP contribution in [0.3, 0.4) is 0 Å². The number of likely N-dealkylation sites (N-methyl/N-ethyl adjacent to an activating group) is 1. The van der Waals surface area contributed by atoms with Crippen molar-refractivity contribution in [2.45, 2.75) is 31.7 Å². The Kier molecular flexibility index (Phi) is 5.36. The third-order valence-electron chi connectivity index (χ3n) is 4.48. The van der Waals surface area contributed by atoms with Crippen LogP contribution in [-0.4, -0.2) is 61.4 Å². The fraction of sp³-hybridized carbons (Fsp3) is 0.556. The SMILES string of the molecule is CN(C)C/C=C/C(=O)N1CC(NC(=O)c2cc3c(s2)CCCC3)C1. The molecule has 1 aliphatic heterocycles. The van der Waals surface area contributed by atoms with E-state index in [0.29, 0.717) is 13.1 Å². The number of carbonyl (C=O) groups is 2. The Morgan fingerprint density at radius 3 is 2.79 bits per heavy atom. The zero-order valence-electron chi connectivity index (χ0n) is 14.4. The van der Waals surface area contributed by atoms with E-state index in [-0.39, 0.29) is 17.9 Å². The topological polar surface area (TPSA) is 52.7 Å². The molecule has 1 saturated heterocycles. The van der Waals surface area contributed by atoms with E-state index in [1.807, 2.05) is 25.1 Å². The predicted molar refractivity (Wildman–Crippen MR) is 96.5 cm³/mol. The van der Waals surface area contributed by atoms with Gasteiger partial charge in [0.1, 0.15) is 0 Å². The molecule has 6 heteroatoms. The third-order valence-corrected chi connectivity index (χ3v) is 5.72. The normalized spacial score (nSPS) is 17.9. The van der Waals surface area contributed by atoms with Crippen molar-refractivity contribution in [3.63, 3.8) is 0 Å². The molecular weight excluding hydrogens is 322 g/mol. The minimum absolute atomic E-state index is 0.00893. The quantitative estimate of drug-likeness (QED) is 0.825. The van der Waals surface area contributed by atoms with Gasteiger partial charge in [-0.1, -0.05) is 6.08 Å². The maximum absolute atomic E-state index is 12.4. The summed E-state index contributed by atoms with van der Waals surface area (Å²) in [6, 6.07) is 2.13. The van der Waals surface area contributed by atoms with Crippen LogP contribution in [0, 0.1) is 0 Å². The number of thiophene rings is 1. The monoisotopic (exact) mass is 347 g/mol. The Bertz CT molecular complexity index is 621. The molecule has 24 heavy (non-hydrogen) atoms. The van der Waals surface area contributed by atoms with Crippen LogP contribution >= 0.6 is 11.3 Å². The first-order chi connectivity index (χ1) is 11.5. The molecule has 0 spiro atoms. The summed E-state index contributed by atoms with van der Waals surface area (Å²) in [5.41, 5.74) is 1.35. The molecule has 0 radical (unpaired) electrons. The van der Waals surface area contributed by atoms with E-state index in [0.717, 1.165) is 24.3 Å². The number of carbonyl (C=O) groups excluding carboxylic acids is 2. The van der Waals surface area contributed by atoms with E-state index in [4.69, 9.17) is 0 Å². The molecule has 3 rings (SSSR count). The number of nitrogens with one attached hydrogen (secondary N) is 1. The molecule has 130 valence electrons. The van der Waals surface area contributed by atoms with Crippen LogP contribution in [0.2, 0.25) is 0 Å². The highest BCUT2D eigenvalue weighted by atomic mass is 32.1. The number of nitrogens with zero attached hydrogens (tertiary/aromatic N) is 2. The summed E-state index contributed by atoms with van der Waals surface area (Å²) in [7, 11) is 3.93. The third kappa shape index (κ3) is 4.05. The zero-order valence-corrected chi connectivity index (χ0v) is 15.2. The molecular formula is C18H25N3O2S. The fourth-order valence-corrected chi connectivity index (χ4v) is 4.24. The smallest absolute Gasteiger partial charge is 0.261 e. The minimum Gasteiger partial charge on any atom is -0.345 e. The lowest BCUT2D eigenvalue weighted by Crippen LogP contribution is -2.60. The van der Waals surface area contributed by atoms with Crippen LogP contribution in [0.25, 0.3) is 0 Å². The number of hydrogen-bond donors (Lipinski definition) is 1. The van der Waals surface area contributed by atoms with E-state index in [1.54, 1.807) is 22.3 Å². The van der Waals surface area contributed by atoms with E-state index < -0.39 is 0 Å². The second kappa shape index (κ2) is 7.49. The highest BCUT2D eigenvalue weighted by Crippen LogP contribution is 2.29. The maximum Gasteiger partial charge on any atom is 0.261 e. The predicted octanol–water partition coefficient (Wildman–Crippen LogP) is 1.69. The molecule has 0 unspecified atom stereocenters. The van der Waals surface area contributed by atoms with Gasteiger partial charge in [0.25, 0.3) is 5.91 Å². The van der Waals surface area contributed by atoms with Crippen molar-refractivity contribution in [1.82, 2.24) is 15.1 Å². The molecule has 5 nitrogen and oxygen atoms in total. The zero-order chi connectivity index (χ0) is 17.1. The van der Waals surface area contributed by atoms with Crippen LogP contribution in [0.5, 0.6) is 0 Å². The molecule has 0 aromatic carbocycles. The molecule has 0 atom stereocenters. The Morgan fingerprint density at radius 1 is 1.33 bits per heavy atom. The molecule has 1 aliphatic carbocycles. The van der Waals surface area contributed by atoms with Gasteiger partial charge in [-0.3, -0.25) is 9.59 Å². The van der Waals surface area contributed by atoms with Gasteiger partial charge in [-0.25, -0.2) is 0 Å². The Balaban J connectivity index is 1.45. The van der Waals surface area contributed by atoms with Crippen LogP contribution in [0.1, 0.15) is 33.0 Å². The molecule has 1 N–H and O–H groups in total. The van der Waals surface area contributed by atoms with E-state index >= 15 is 0 Å². The second-order valence-corrected chi connectivity index (χ2v) is 7.98. The van der Waals surface area contributed by atoms with Crippen molar-refractivity contribution in [2.24, 2.45) is 0 Å². The fourth-order valence-electron chi connectivity index (χ4n) is 3.08. The molecule has 1 aromatic heterocycles. The molecule has 1 fully saturated rings. The summed E-state index contributed by atoms with van der Waals surface area (Å²) in [5, 5.41) is 3.05. The van der Waals surface area contributed by atoms with Gasteiger partial charge in [0.05, 0.1) is 10.9 Å². The van der Waals surface area contributed by atoms with Crippen LogP contribution in [0.15, 0.2) is 18.2 Å². The van der Waals surface area contributed by atoms with Crippen LogP contribution in [-0.2, 0) is 17.6 Å². The first kappa shape index (κ1) is 17.2. The molecule has 2 heterocycles. The van der Waals surface area contributed by atoms with Gasteiger partial charge in [0.15, 0.2) is 0 Å². The van der Waals surface area contributed by atoms with Gasteiger partial charge in [0, 0.05) is 30.6 Å². The van der Waals surface area contributed by atoms with Gasteiger partial charge in [-0.05, 0) is 51.4 Å². The number of amides is 2. The van der Waals surface area contributed by atoms with Crippen molar-refractivity contribution in [2.75, 3.05) is 33.7 Å². The number of fused-ring (bicyclic) bond motifs is 1. The summed E-state index contributed by atoms with van der Waals surface area (Å²) in [6.07, 6.45) is 8.15.